The van der Waals surface area contributed by atoms with Crippen molar-refractivity contribution in [3.8, 4) is 0 Å². The molecule has 0 saturated carbocycles. The maximum absolute atomic E-state index is 12.1. The molecule has 1 heterocycles. The lowest BCUT2D eigenvalue weighted by atomic mass is 9.90. The van der Waals surface area contributed by atoms with E-state index < -0.39 is 11.4 Å². The minimum atomic E-state index is -0.852. The molecule has 0 spiro atoms. The zero-order valence-electron chi connectivity index (χ0n) is 13.0. The summed E-state index contributed by atoms with van der Waals surface area (Å²) in [5.74, 6) is -0.852. The van der Waals surface area contributed by atoms with Gasteiger partial charge in [-0.3, -0.25) is 4.79 Å². The van der Waals surface area contributed by atoms with Crippen LogP contribution in [0.4, 0.5) is 4.79 Å². The quantitative estimate of drug-likeness (QED) is 0.870. The highest BCUT2D eigenvalue weighted by Crippen LogP contribution is 2.29. The van der Waals surface area contributed by atoms with E-state index in [1.807, 2.05) is 24.3 Å². The fourth-order valence-electron chi connectivity index (χ4n) is 2.59. The fraction of sp³-hybridized carbons (Fsp3) is 0.500. The number of carboxylic acid groups (broad SMARTS) is 1. The van der Waals surface area contributed by atoms with Gasteiger partial charge in [0.1, 0.15) is 0 Å². The molecule has 1 fully saturated rings. The summed E-state index contributed by atoms with van der Waals surface area (Å²) in [6.07, 6.45) is 0.485. The largest absolute Gasteiger partial charge is 0.481 e. The van der Waals surface area contributed by atoms with Gasteiger partial charge >= 0.3 is 12.0 Å². The number of urea groups is 1. The van der Waals surface area contributed by atoms with Crippen LogP contribution in [0.5, 0.6) is 0 Å². The molecule has 0 aromatic heterocycles. The molecule has 22 heavy (non-hydrogen) atoms. The van der Waals surface area contributed by atoms with Crippen molar-refractivity contribution in [3.05, 3.63) is 35.4 Å². The van der Waals surface area contributed by atoms with Crippen molar-refractivity contribution in [2.75, 3.05) is 20.2 Å². The number of benzene rings is 1. The van der Waals surface area contributed by atoms with Gasteiger partial charge in [-0.1, -0.05) is 24.3 Å². The first-order chi connectivity index (χ1) is 10.4. The van der Waals surface area contributed by atoms with E-state index in [9.17, 15) is 14.7 Å². The highest BCUT2D eigenvalue weighted by molar-refractivity contribution is 5.79. The molecule has 1 saturated heterocycles. The molecule has 6 nitrogen and oxygen atoms in total. The molecule has 1 aliphatic rings. The minimum Gasteiger partial charge on any atom is -0.481 e. The number of hydrogen-bond donors (Lipinski definition) is 2. The van der Waals surface area contributed by atoms with Crippen LogP contribution in [-0.2, 0) is 22.7 Å². The summed E-state index contributed by atoms with van der Waals surface area (Å²) in [4.78, 5) is 24.9. The number of nitrogens with one attached hydrogen (secondary N) is 1. The zero-order valence-corrected chi connectivity index (χ0v) is 13.0. The SMILES string of the molecule is COCc1cccc(CNC(=O)N2CCC(C)(C(=O)O)C2)c1. The van der Waals surface area contributed by atoms with E-state index in [0.717, 1.165) is 11.1 Å². The minimum absolute atomic E-state index is 0.220. The zero-order chi connectivity index (χ0) is 16.2. The Hall–Kier alpha value is -2.08. The van der Waals surface area contributed by atoms with E-state index >= 15 is 0 Å². The first-order valence-electron chi connectivity index (χ1n) is 7.27. The smallest absolute Gasteiger partial charge is 0.317 e. The lowest BCUT2D eigenvalue weighted by molar-refractivity contribution is -0.147. The number of carbonyl (C=O) groups excluding carboxylic acids is 1. The first-order valence-corrected chi connectivity index (χ1v) is 7.27. The summed E-state index contributed by atoms with van der Waals surface area (Å²) in [5, 5.41) is 12.0. The second kappa shape index (κ2) is 6.79. The van der Waals surface area contributed by atoms with Crippen molar-refractivity contribution in [1.82, 2.24) is 10.2 Å². The number of hydrogen-bond acceptors (Lipinski definition) is 3. The molecule has 1 aromatic rings. The predicted octanol–water partition coefficient (Wildman–Crippen LogP) is 1.84. The van der Waals surface area contributed by atoms with Crippen LogP contribution in [0.2, 0.25) is 0 Å². The van der Waals surface area contributed by atoms with Crippen molar-refractivity contribution in [2.45, 2.75) is 26.5 Å². The fourth-order valence-corrected chi connectivity index (χ4v) is 2.59. The molecule has 0 radical (unpaired) electrons. The molecule has 6 heteroatoms. The molecule has 1 atom stereocenters. The molecule has 2 amide bonds. The third-order valence-electron chi connectivity index (χ3n) is 4.02. The number of methoxy groups -OCH3 is 1. The number of amides is 2. The summed E-state index contributed by atoms with van der Waals surface area (Å²) in [6.45, 7) is 3.34. The van der Waals surface area contributed by atoms with Crippen LogP contribution >= 0.6 is 0 Å². The van der Waals surface area contributed by atoms with Gasteiger partial charge in [0.05, 0.1) is 12.0 Å². The topological polar surface area (TPSA) is 78.9 Å². The number of ether oxygens (including phenoxy) is 1. The van der Waals surface area contributed by atoms with Gasteiger partial charge < -0.3 is 20.1 Å². The second-order valence-electron chi connectivity index (χ2n) is 5.95. The normalized spacial score (nSPS) is 20.9. The molecule has 120 valence electrons. The molecular weight excluding hydrogens is 284 g/mol. The van der Waals surface area contributed by atoms with E-state index in [1.165, 1.54) is 0 Å². The predicted molar refractivity (Wildman–Crippen MR) is 81.3 cm³/mol. The molecule has 2 rings (SSSR count). The summed E-state index contributed by atoms with van der Waals surface area (Å²) in [5.41, 5.74) is 1.20. The van der Waals surface area contributed by atoms with E-state index in [1.54, 1.807) is 18.9 Å². The maximum atomic E-state index is 12.1. The molecule has 0 bridgehead atoms. The number of carbonyl (C=O) groups is 2. The van der Waals surface area contributed by atoms with Crippen LogP contribution in [0.15, 0.2) is 24.3 Å². The Balaban J connectivity index is 1.88. The van der Waals surface area contributed by atoms with Crippen LogP contribution < -0.4 is 5.32 Å². The van der Waals surface area contributed by atoms with Crippen molar-refractivity contribution in [2.24, 2.45) is 5.41 Å². The maximum Gasteiger partial charge on any atom is 0.317 e. The van der Waals surface area contributed by atoms with Crippen molar-refractivity contribution in [1.29, 1.82) is 0 Å². The molecular formula is C16H22N2O4. The average molecular weight is 306 g/mol. The molecule has 2 N–H and O–H groups in total. The van der Waals surface area contributed by atoms with Gasteiger partial charge in [0.2, 0.25) is 0 Å². The van der Waals surface area contributed by atoms with Crippen molar-refractivity contribution in [3.63, 3.8) is 0 Å². The Kier molecular flexibility index (Phi) is 5.03. The van der Waals surface area contributed by atoms with Crippen LogP contribution in [0, 0.1) is 5.41 Å². The van der Waals surface area contributed by atoms with Gasteiger partial charge in [-0.2, -0.15) is 0 Å². The highest BCUT2D eigenvalue weighted by atomic mass is 16.5. The van der Waals surface area contributed by atoms with Gasteiger partial charge in [0.15, 0.2) is 0 Å². The third-order valence-corrected chi connectivity index (χ3v) is 4.02. The van der Waals surface area contributed by atoms with Crippen LogP contribution in [-0.4, -0.2) is 42.2 Å². The number of aliphatic carboxylic acids is 1. The standard InChI is InChI=1S/C16H22N2O4/c1-16(14(19)20)6-7-18(11-16)15(21)17-9-12-4-3-5-13(8-12)10-22-2/h3-5,8H,6-7,9-11H2,1-2H3,(H,17,21)(H,19,20). The van der Waals surface area contributed by atoms with Crippen LogP contribution in [0.25, 0.3) is 0 Å². The number of rotatable bonds is 5. The van der Waals surface area contributed by atoms with Gasteiger partial charge in [0, 0.05) is 26.7 Å². The van der Waals surface area contributed by atoms with E-state index in [-0.39, 0.29) is 12.6 Å². The Morgan fingerprint density at radius 3 is 2.77 bits per heavy atom. The number of likely N-dealkylation sites (tertiary alicyclic amines) is 1. The van der Waals surface area contributed by atoms with Gasteiger partial charge in [-0.05, 0) is 24.5 Å². The lowest BCUT2D eigenvalue weighted by Crippen LogP contribution is -2.40. The third kappa shape index (κ3) is 3.76. The van der Waals surface area contributed by atoms with Gasteiger partial charge in [-0.15, -0.1) is 0 Å². The van der Waals surface area contributed by atoms with E-state index in [4.69, 9.17) is 4.74 Å². The van der Waals surface area contributed by atoms with E-state index in [2.05, 4.69) is 5.32 Å². The Bertz CT molecular complexity index is 561. The van der Waals surface area contributed by atoms with Crippen molar-refractivity contribution >= 4 is 12.0 Å². The van der Waals surface area contributed by atoms with Crippen LogP contribution in [0.1, 0.15) is 24.5 Å². The van der Waals surface area contributed by atoms with Crippen molar-refractivity contribution < 1.29 is 19.4 Å². The van der Waals surface area contributed by atoms with Gasteiger partial charge in [0.25, 0.3) is 0 Å². The molecule has 0 aliphatic carbocycles. The van der Waals surface area contributed by atoms with Crippen LogP contribution in [0.3, 0.4) is 0 Å². The monoisotopic (exact) mass is 306 g/mol. The second-order valence-corrected chi connectivity index (χ2v) is 5.95. The Morgan fingerprint density at radius 1 is 1.41 bits per heavy atom. The highest BCUT2D eigenvalue weighted by Gasteiger charge is 2.42. The average Bonchev–Trinajstić information content (AvgIpc) is 2.90. The Labute approximate surface area is 130 Å². The lowest BCUT2D eigenvalue weighted by Gasteiger charge is -2.20. The number of carboxylic acids is 1. The summed E-state index contributed by atoms with van der Waals surface area (Å²) < 4.78 is 5.08. The molecule has 1 aromatic carbocycles. The van der Waals surface area contributed by atoms with E-state index in [0.29, 0.717) is 26.1 Å². The summed E-state index contributed by atoms with van der Waals surface area (Å²) >= 11 is 0. The Morgan fingerprint density at radius 2 is 2.14 bits per heavy atom. The number of nitrogens with zero attached hydrogens (tertiary/aromatic N) is 1. The summed E-state index contributed by atoms with van der Waals surface area (Å²) in [6, 6.07) is 7.59. The molecule has 1 unspecified atom stereocenters. The van der Waals surface area contributed by atoms with Gasteiger partial charge in [-0.25, -0.2) is 4.79 Å². The summed E-state index contributed by atoms with van der Waals surface area (Å²) in [7, 11) is 1.64. The first kappa shape index (κ1) is 16.3. The molecule has 1 aliphatic heterocycles.